The van der Waals surface area contributed by atoms with Crippen molar-refractivity contribution in [1.82, 2.24) is 14.9 Å². The zero-order valence-electron chi connectivity index (χ0n) is 22.9. The summed E-state index contributed by atoms with van der Waals surface area (Å²) < 4.78 is 10.9. The molecule has 2 amide bonds. The van der Waals surface area contributed by atoms with Gasteiger partial charge in [-0.1, -0.05) is 59.8 Å². The average molecular weight is 589 g/mol. The SMILES string of the molecule is Cc1cc(C)nc(SCC(=O)N(Cc2ccccc2C)[C@H](C(=O)Nc2ccc3c(c2)OCO3)c2ccc(Cl)cc2)n1. The van der Waals surface area contributed by atoms with E-state index in [1.165, 1.54) is 11.8 Å². The Balaban J connectivity index is 1.49. The van der Waals surface area contributed by atoms with Crippen molar-refractivity contribution in [2.75, 3.05) is 17.9 Å². The van der Waals surface area contributed by atoms with Gasteiger partial charge in [0.05, 0.1) is 5.75 Å². The number of amides is 2. The van der Waals surface area contributed by atoms with E-state index < -0.39 is 6.04 Å². The first kappa shape index (κ1) is 28.4. The molecule has 4 aromatic rings. The van der Waals surface area contributed by atoms with Crippen molar-refractivity contribution >= 4 is 40.9 Å². The highest BCUT2D eigenvalue weighted by Gasteiger charge is 2.32. The molecular formula is C31H29ClN4O4S. The van der Waals surface area contributed by atoms with Gasteiger partial charge < -0.3 is 19.7 Å². The van der Waals surface area contributed by atoms with Gasteiger partial charge in [-0.2, -0.15) is 0 Å². The van der Waals surface area contributed by atoms with Crippen molar-refractivity contribution in [3.63, 3.8) is 0 Å². The van der Waals surface area contributed by atoms with Crippen LogP contribution in [0.25, 0.3) is 0 Å². The molecule has 0 saturated carbocycles. The Morgan fingerprint density at radius 3 is 2.39 bits per heavy atom. The number of rotatable bonds is 9. The lowest BCUT2D eigenvalue weighted by molar-refractivity contribution is -0.137. The van der Waals surface area contributed by atoms with Crippen molar-refractivity contribution in [3.05, 3.63) is 106 Å². The monoisotopic (exact) mass is 588 g/mol. The largest absolute Gasteiger partial charge is 0.454 e. The predicted octanol–water partition coefficient (Wildman–Crippen LogP) is 6.28. The minimum Gasteiger partial charge on any atom is -0.454 e. The summed E-state index contributed by atoms with van der Waals surface area (Å²) in [4.78, 5) is 38.6. The predicted molar refractivity (Wildman–Crippen MR) is 159 cm³/mol. The normalized spacial score (nSPS) is 12.6. The Kier molecular flexibility index (Phi) is 8.75. The van der Waals surface area contributed by atoms with Crippen LogP contribution in [0.5, 0.6) is 11.5 Å². The molecule has 0 unspecified atom stereocenters. The van der Waals surface area contributed by atoms with Crippen LogP contribution in [-0.4, -0.2) is 39.2 Å². The maximum Gasteiger partial charge on any atom is 0.251 e. The number of thioether (sulfide) groups is 1. The lowest BCUT2D eigenvalue weighted by Gasteiger charge is -2.32. The topological polar surface area (TPSA) is 93.7 Å². The van der Waals surface area contributed by atoms with Crippen LogP contribution in [0, 0.1) is 20.8 Å². The number of carbonyl (C=O) groups excluding carboxylic acids is 2. The van der Waals surface area contributed by atoms with Crippen molar-refractivity contribution < 1.29 is 19.1 Å². The van der Waals surface area contributed by atoms with E-state index in [1.807, 2.05) is 51.1 Å². The first-order valence-electron chi connectivity index (χ1n) is 13.0. The van der Waals surface area contributed by atoms with Gasteiger partial charge in [0.15, 0.2) is 16.7 Å². The maximum atomic E-state index is 14.0. The van der Waals surface area contributed by atoms with E-state index in [9.17, 15) is 9.59 Å². The van der Waals surface area contributed by atoms with E-state index >= 15 is 0 Å². The van der Waals surface area contributed by atoms with E-state index in [0.29, 0.717) is 32.9 Å². The molecule has 1 aromatic heterocycles. The van der Waals surface area contributed by atoms with Crippen LogP contribution >= 0.6 is 23.4 Å². The van der Waals surface area contributed by atoms with Gasteiger partial charge in [0.25, 0.3) is 5.91 Å². The fourth-order valence-corrected chi connectivity index (χ4v) is 5.53. The number of hydrogen-bond acceptors (Lipinski definition) is 7. The minimum absolute atomic E-state index is 0.0518. The molecule has 3 aromatic carbocycles. The van der Waals surface area contributed by atoms with Gasteiger partial charge in [0.1, 0.15) is 6.04 Å². The lowest BCUT2D eigenvalue weighted by Crippen LogP contribution is -2.42. The Labute approximate surface area is 248 Å². The number of carbonyl (C=O) groups is 2. The fourth-order valence-electron chi connectivity index (χ4n) is 4.56. The number of hydrogen-bond donors (Lipinski definition) is 1. The smallest absolute Gasteiger partial charge is 0.251 e. The number of aryl methyl sites for hydroxylation is 3. The number of halogens is 1. The van der Waals surface area contributed by atoms with Crippen molar-refractivity contribution in [2.24, 2.45) is 0 Å². The molecule has 2 heterocycles. The van der Waals surface area contributed by atoms with Gasteiger partial charge in [-0.25, -0.2) is 9.97 Å². The van der Waals surface area contributed by atoms with Gasteiger partial charge in [0.2, 0.25) is 12.7 Å². The van der Waals surface area contributed by atoms with E-state index in [4.69, 9.17) is 21.1 Å². The minimum atomic E-state index is -0.953. The molecule has 8 nitrogen and oxygen atoms in total. The summed E-state index contributed by atoms with van der Waals surface area (Å²) in [6, 6.07) is 20.9. The Morgan fingerprint density at radius 2 is 1.66 bits per heavy atom. The maximum absolute atomic E-state index is 14.0. The molecule has 1 aliphatic heterocycles. The quantitative estimate of drug-likeness (QED) is 0.181. The van der Waals surface area contributed by atoms with Crippen LogP contribution < -0.4 is 14.8 Å². The third kappa shape index (κ3) is 6.99. The van der Waals surface area contributed by atoms with Crippen LogP contribution in [0.2, 0.25) is 5.02 Å². The van der Waals surface area contributed by atoms with Gasteiger partial charge in [0, 0.05) is 34.7 Å². The van der Waals surface area contributed by atoms with Crippen molar-refractivity contribution in [3.8, 4) is 11.5 Å². The molecule has 10 heteroatoms. The number of nitrogens with one attached hydrogen (secondary N) is 1. The van der Waals surface area contributed by atoms with E-state index in [2.05, 4.69) is 15.3 Å². The summed E-state index contributed by atoms with van der Waals surface area (Å²) in [5, 5.41) is 4.02. The molecule has 41 heavy (non-hydrogen) atoms. The summed E-state index contributed by atoms with van der Waals surface area (Å²) in [5.74, 6) is 0.598. The first-order valence-corrected chi connectivity index (χ1v) is 14.4. The molecule has 0 saturated heterocycles. The number of benzene rings is 3. The molecule has 0 aliphatic carbocycles. The standard InChI is InChI=1S/C31H29ClN4O4S/c1-19-6-4-5-7-23(19)16-36(28(37)17-41-31-33-20(2)14-21(3)34-31)29(22-8-10-24(32)11-9-22)30(38)35-25-12-13-26-27(15-25)40-18-39-26/h4-15,29H,16-18H2,1-3H3,(H,35,38)/t29-/m0/s1. The number of anilines is 1. The third-order valence-electron chi connectivity index (χ3n) is 6.59. The van der Waals surface area contributed by atoms with Crippen molar-refractivity contribution in [1.29, 1.82) is 0 Å². The summed E-state index contributed by atoms with van der Waals surface area (Å²) in [6.07, 6.45) is 0. The van der Waals surface area contributed by atoms with Crippen LogP contribution in [0.15, 0.2) is 78.0 Å². The number of ether oxygens (including phenoxy) is 2. The van der Waals surface area contributed by atoms with Gasteiger partial charge in [-0.15, -0.1) is 0 Å². The molecule has 0 bridgehead atoms. The molecular weight excluding hydrogens is 560 g/mol. The van der Waals surface area contributed by atoms with Gasteiger partial charge >= 0.3 is 0 Å². The Hall–Kier alpha value is -4.08. The van der Waals surface area contributed by atoms with Gasteiger partial charge in [-0.05, 0) is 67.8 Å². The Bertz CT molecular complexity index is 1560. The molecule has 0 radical (unpaired) electrons. The Morgan fingerprint density at radius 1 is 0.951 bits per heavy atom. The van der Waals surface area contributed by atoms with E-state index in [-0.39, 0.29) is 30.9 Å². The second-order valence-electron chi connectivity index (χ2n) is 9.68. The molecule has 1 aliphatic rings. The number of fused-ring (bicyclic) bond motifs is 1. The van der Waals surface area contributed by atoms with Crippen molar-refractivity contribution in [2.45, 2.75) is 38.5 Å². The van der Waals surface area contributed by atoms with E-state index in [0.717, 1.165) is 22.5 Å². The molecule has 0 fully saturated rings. The third-order valence-corrected chi connectivity index (χ3v) is 7.68. The average Bonchev–Trinajstić information content (AvgIpc) is 3.41. The highest BCUT2D eigenvalue weighted by atomic mass is 35.5. The fraction of sp³-hybridized carbons (Fsp3) is 0.226. The summed E-state index contributed by atoms with van der Waals surface area (Å²) in [5.41, 5.74) is 4.75. The second kappa shape index (κ2) is 12.6. The first-order chi connectivity index (χ1) is 19.8. The molecule has 210 valence electrons. The van der Waals surface area contributed by atoms with Crippen LogP contribution in [0.4, 0.5) is 5.69 Å². The van der Waals surface area contributed by atoms with E-state index in [1.54, 1.807) is 47.4 Å². The van der Waals surface area contributed by atoms with Crippen LogP contribution in [-0.2, 0) is 16.1 Å². The molecule has 1 atom stereocenters. The molecule has 0 spiro atoms. The second-order valence-corrected chi connectivity index (χ2v) is 11.1. The van der Waals surface area contributed by atoms with Crippen LogP contribution in [0.3, 0.4) is 0 Å². The summed E-state index contributed by atoms with van der Waals surface area (Å²) in [6.45, 7) is 6.12. The summed E-state index contributed by atoms with van der Waals surface area (Å²) >= 11 is 7.44. The number of aromatic nitrogens is 2. The zero-order chi connectivity index (χ0) is 28.9. The zero-order valence-corrected chi connectivity index (χ0v) is 24.5. The highest BCUT2D eigenvalue weighted by Crippen LogP contribution is 2.35. The molecule has 5 rings (SSSR count). The van der Waals surface area contributed by atoms with Crippen LogP contribution in [0.1, 0.15) is 34.1 Å². The van der Waals surface area contributed by atoms with Gasteiger partial charge in [-0.3, -0.25) is 9.59 Å². The lowest BCUT2D eigenvalue weighted by atomic mass is 10.0. The molecule has 1 N–H and O–H groups in total. The number of nitrogens with zero attached hydrogens (tertiary/aromatic N) is 3. The summed E-state index contributed by atoms with van der Waals surface area (Å²) in [7, 11) is 0. The highest BCUT2D eigenvalue weighted by molar-refractivity contribution is 7.99.